The number of nitrogens with one attached hydrogen (secondary N) is 1. The van der Waals surface area contributed by atoms with Crippen LogP contribution in [-0.2, 0) is 4.74 Å². The van der Waals surface area contributed by atoms with Gasteiger partial charge >= 0.3 is 0 Å². The van der Waals surface area contributed by atoms with Gasteiger partial charge in [0.15, 0.2) is 0 Å². The summed E-state index contributed by atoms with van der Waals surface area (Å²) in [5.74, 6) is 0.532. The Morgan fingerprint density at radius 2 is 2.22 bits per heavy atom. The predicted octanol–water partition coefficient (Wildman–Crippen LogP) is 4.07. The molecule has 1 N–H and O–H groups in total. The van der Waals surface area contributed by atoms with Crippen LogP contribution in [0.1, 0.15) is 31.9 Å². The summed E-state index contributed by atoms with van der Waals surface area (Å²) < 4.78 is 5.86. The van der Waals surface area contributed by atoms with E-state index in [0.29, 0.717) is 10.9 Å². The van der Waals surface area contributed by atoms with Crippen LogP contribution in [0.2, 0.25) is 10.0 Å². The lowest BCUT2D eigenvalue weighted by Gasteiger charge is -2.28. The summed E-state index contributed by atoms with van der Waals surface area (Å²) in [5.41, 5.74) is 1.03. The summed E-state index contributed by atoms with van der Waals surface area (Å²) in [7, 11) is 0. The van der Waals surface area contributed by atoms with Crippen molar-refractivity contribution < 1.29 is 4.74 Å². The standard InChI is InChI=1S/C14H19Cl2NO/c1-3-17-13(14-9(2)6-7-18-14)11-8-10(15)4-5-12(11)16/h4-5,8-9,13-14,17H,3,6-7H2,1-2H3. The molecule has 0 spiro atoms. The van der Waals surface area contributed by atoms with Crippen LogP contribution < -0.4 is 5.32 Å². The molecule has 0 radical (unpaired) electrons. The highest BCUT2D eigenvalue weighted by molar-refractivity contribution is 6.33. The first-order chi connectivity index (χ1) is 8.63. The van der Waals surface area contributed by atoms with Gasteiger partial charge in [-0.1, -0.05) is 37.0 Å². The van der Waals surface area contributed by atoms with E-state index in [1.54, 1.807) is 0 Å². The van der Waals surface area contributed by atoms with E-state index < -0.39 is 0 Å². The van der Waals surface area contributed by atoms with Crippen molar-refractivity contribution in [1.82, 2.24) is 5.32 Å². The van der Waals surface area contributed by atoms with Gasteiger partial charge in [0, 0.05) is 16.7 Å². The monoisotopic (exact) mass is 287 g/mol. The maximum absolute atomic E-state index is 6.30. The van der Waals surface area contributed by atoms with Gasteiger partial charge in [0.1, 0.15) is 0 Å². The zero-order valence-electron chi connectivity index (χ0n) is 10.7. The highest BCUT2D eigenvalue weighted by Gasteiger charge is 2.33. The van der Waals surface area contributed by atoms with Crippen molar-refractivity contribution >= 4 is 23.2 Å². The highest BCUT2D eigenvalue weighted by atomic mass is 35.5. The lowest BCUT2D eigenvalue weighted by atomic mass is 9.92. The number of likely N-dealkylation sites (N-methyl/N-ethyl adjacent to an activating group) is 1. The van der Waals surface area contributed by atoms with Crippen molar-refractivity contribution in [2.24, 2.45) is 5.92 Å². The van der Waals surface area contributed by atoms with Crippen molar-refractivity contribution in [1.29, 1.82) is 0 Å². The second-order valence-corrected chi connectivity index (χ2v) is 5.65. The maximum atomic E-state index is 6.30. The molecule has 2 nitrogen and oxygen atoms in total. The van der Waals surface area contributed by atoms with E-state index in [9.17, 15) is 0 Å². The Labute approximate surface area is 119 Å². The second kappa shape index (κ2) is 6.25. The van der Waals surface area contributed by atoms with Gasteiger partial charge in [-0.15, -0.1) is 0 Å². The third-order valence-corrected chi connectivity index (χ3v) is 4.07. The topological polar surface area (TPSA) is 21.3 Å². The minimum atomic E-state index is 0.110. The first kappa shape index (κ1) is 14.1. The average molecular weight is 288 g/mol. The third kappa shape index (κ3) is 3.00. The summed E-state index contributed by atoms with van der Waals surface area (Å²) in [6.45, 7) is 6.01. The molecule has 2 rings (SSSR count). The molecule has 100 valence electrons. The highest BCUT2D eigenvalue weighted by Crippen LogP contribution is 2.35. The smallest absolute Gasteiger partial charge is 0.0796 e. The number of hydrogen-bond donors (Lipinski definition) is 1. The molecule has 1 aliphatic heterocycles. The minimum absolute atomic E-state index is 0.110. The van der Waals surface area contributed by atoms with Gasteiger partial charge in [0.25, 0.3) is 0 Å². The van der Waals surface area contributed by atoms with Crippen LogP contribution in [0.15, 0.2) is 18.2 Å². The summed E-state index contributed by atoms with van der Waals surface area (Å²) in [5, 5.41) is 4.93. The van der Waals surface area contributed by atoms with E-state index in [1.807, 2.05) is 18.2 Å². The van der Waals surface area contributed by atoms with Gasteiger partial charge in [-0.3, -0.25) is 0 Å². The zero-order chi connectivity index (χ0) is 13.1. The van der Waals surface area contributed by atoms with E-state index >= 15 is 0 Å². The average Bonchev–Trinajstić information content (AvgIpc) is 2.76. The van der Waals surface area contributed by atoms with Gasteiger partial charge in [-0.05, 0) is 42.6 Å². The van der Waals surface area contributed by atoms with Crippen LogP contribution in [0, 0.1) is 5.92 Å². The van der Waals surface area contributed by atoms with Crippen LogP contribution in [-0.4, -0.2) is 19.3 Å². The Kier molecular flexibility index (Phi) is 4.91. The minimum Gasteiger partial charge on any atom is -0.376 e. The number of rotatable bonds is 4. The van der Waals surface area contributed by atoms with Crippen molar-refractivity contribution in [2.75, 3.05) is 13.2 Å². The van der Waals surface area contributed by atoms with Gasteiger partial charge in [-0.25, -0.2) is 0 Å². The molecule has 0 aliphatic carbocycles. The molecule has 1 aromatic carbocycles. The number of benzene rings is 1. The Balaban J connectivity index is 2.31. The SMILES string of the molecule is CCNC(c1cc(Cl)ccc1Cl)C1OCCC1C. The van der Waals surface area contributed by atoms with Gasteiger partial charge in [0.2, 0.25) is 0 Å². The Morgan fingerprint density at radius 1 is 1.44 bits per heavy atom. The molecular formula is C14H19Cl2NO. The molecule has 0 amide bonds. The summed E-state index contributed by atoms with van der Waals surface area (Å²) in [4.78, 5) is 0. The fourth-order valence-corrected chi connectivity index (χ4v) is 2.93. The van der Waals surface area contributed by atoms with Gasteiger partial charge in [-0.2, -0.15) is 0 Å². The Bertz CT molecular complexity index is 411. The van der Waals surface area contributed by atoms with Crippen molar-refractivity contribution in [3.8, 4) is 0 Å². The van der Waals surface area contributed by atoms with Crippen molar-refractivity contribution in [3.05, 3.63) is 33.8 Å². The number of halogens is 2. The van der Waals surface area contributed by atoms with Crippen LogP contribution in [0.5, 0.6) is 0 Å². The summed E-state index contributed by atoms with van der Waals surface area (Å²) in [6.07, 6.45) is 1.27. The first-order valence-corrected chi connectivity index (χ1v) is 7.19. The number of hydrogen-bond acceptors (Lipinski definition) is 2. The lowest BCUT2D eigenvalue weighted by molar-refractivity contribution is 0.0612. The van der Waals surface area contributed by atoms with Crippen LogP contribution in [0.3, 0.4) is 0 Å². The molecule has 1 aromatic rings. The summed E-state index contributed by atoms with van der Waals surface area (Å²) >= 11 is 12.4. The normalized spacial score (nSPS) is 25.3. The number of ether oxygens (including phenoxy) is 1. The molecule has 0 aromatic heterocycles. The fourth-order valence-electron chi connectivity index (χ4n) is 2.52. The van der Waals surface area contributed by atoms with Crippen LogP contribution >= 0.6 is 23.2 Å². The quantitative estimate of drug-likeness (QED) is 0.901. The second-order valence-electron chi connectivity index (χ2n) is 4.80. The molecule has 1 saturated heterocycles. The van der Waals surface area contributed by atoms with E-state index in [2.05, 4.69) is 19.2 Å². The zero-order valence-corrected chi connectivity index (χ0v) is 12.3. The fraction of sp³-hybridized carbons (Fsp3) is 0.571. The molecule has 1 heterocycles. The van der Waals surface area contributed by atoms with E-state index in [1.165, 1.54) is 0 Å². The first-order valence-electron chi connectivity index (χ1n) is 6.43. The van der Waals surface area contributed by atoms with Gasteiger partial charge in [0.05, 0.1) is 12.1 Å². The van der Waals surface area contributed by atoms with Crippen LogP contribution in [0.4, 0.5) is 0 Å². The Morgan fingerprint density at radius 3 is 2.83 bits per heavy atom. The molecule has 4 heteroatoms. The largest absolute Gasteiger partial charge is 0.376 e. The molecule has 1 aliphatic rings. The van der Waals surface area contributed by atoms with Crippen molar-refractivity contribution in [2.45, 2.75) is 32.4 Å². The molecule has 3 atom stereocenters. The summed E-state index contributed by atoms with van der Waals surface area (Å²) in [6, 6.07) is 5.71. The molecule has 1 fully saturated rings. The van der Waals surface area contributed by atoms with E-state index in [-0.39, 0.29) is 12.1 Å². The van der Waals surface area contributed by atoms with Crippen molar-refractivity contribution in [3.63, 3.8) is 0 Å². The maximum Gasteiger partial charge on any atom is 0.0796 e. The molecule has 0 bridgehead atoms. The molecule has 18 heavy (non-hydrogen) atoms. The molecular weight excluding hydrogens is 269 g/mol. The predicted molar refractivity (Wildman–Crippen MR) is 76.4 cm³/mol. The molecule has 3 unspecified atom stereocenters. The third-order valence-electron chi connectivity index (χ3n) is 3.49. The Hall–Kier alpha value is -0.280. The van der Waals surface area contributed by atoms with E-state index in [4.69, 9.17) is 27.9 Å². The van der Waals surface area contributed by atoms with E-state index in [0.717, 1.165) is 30.2 Å². The lowest BCUT2D eigenvalue weighted by Crippen LogP contribution is -2.34. The van der Waals surface area contributed by atoms with Gasteiger partial charge < -0.3 is 10.1 Å². The van der Waals surface area contributed by atoms with Crippen LogP contribution in [0.25, 0.3) is 0 Å². The molecule has 0 saturated carbocycles.